The Labute approximate surface area is 96.9 Å². The molecule has 1 rings (SSSR count). The molecule has 0 bridgehead atoms. The highest BCUT2D eigenvalue weighted by atomic mass is 16.5. The lowest BCUT2D eigenvalue weighted by molar-refractivity contribution is -0.149. The molecule has 92 valence electrons. The summed E-state index contributed by atoms with van der Waals surface area (Å²) in [5.41, 5.74) is 0. The van der Waals surface area contributed by atoms with Crippen LogP contribution in [0.3, 0.4) is 0 Å². The maximum absolute atomic E-state index is 11.4. The summed E-state index contributed by atoms with van der Waals surface area (Å²) in [6, 6.07) is 0. The molecular formula is C12H21NO3. The lowest BCUT2D eigenvalue weighted by Gasteiger charge is -2.30. The number of carbonyl (C=O) groups is 2. The minimum Gasteiger partial charge on any atom is -0.468 e. The van der Waals surface area contributed by atoms with Crippen LogP contribution in [0.2, 0.25) is 0 Å². The number of rotatable bonds is 4. The first-order valence-corrected chi connectivity index (χ1v) is 5.81. The zero-order chi connectivity index (χ0) is 12.1. The molecule has 0 aromatic carbocycles. The molecule has 0 spiro atoms. The molecule has 0 amide bonds. The van der Waals surface area contributed by atoms with E-state index in [1.165, 1.54) is 14.0 Å². The summed E-state index contributed by atoms with van der Waals surface area (Å²) in [5, 5.41) is 0. The minimum absolute atomic E-state index is 0.0780. The van der Waals surface area contributed by atoms with Crippen LogP contribution in [0.5, 0.6) is 0 Å². The van der Waals surface area contributed by atoms with Crippen molar-refractivity contribution in [1.29, 1.82) is 0 Å². The van der Waals surface area contributed by atoms with E-state index in [9.17, 15) is 9.59 Å². The van der Waals surface area contributed by atoms with Crippen molar-refractivity contribution in [2.24, 2.45) is 11.8 Å². The Kier molecular flexibility index (Phi) is 4.93. The number of piperidine rings is 1. The average Bonchev–Trinajstić information content (AvgIpc) is 2.27. The van der Waals surface area contributed by atoms with Gasteiger partial charge in [-0.1, -0.05) is 0 Å². The van der Waals surface area contributed by atoms with E-state index < -0.39 is 5.92 Å². The number of likely N-dealkylation sites (tertiary alicyclic amines) is 1. The number of ether oxygens (including phenoxy) is 1. The van der Waals surface area contributed by atoms with Gasteiger partial charge in [0.2, 0.25) is 0 Å². The van der Waals surface area contributed by atoms with Crippen LogP contribution in [0, 0.1) is 11.8 Å². The highest BCUT2D eigenvalue weighted by molar-refractivity contribution is 5.97. The maximum atomic E-state index is 11.4. The van der Waals surface area contributed by atoms with Gasteiger partial charge in [0.15, 0.2) is 0 Å². The van der Waals surface area contributed by atoms with Gasteiger partial charge in [-0.15, -0.1) is 0 Å². The molecule has 0 aromatic heterocycles. The first kappa shape index (κ1) is 13.2. The zero-order valence-corrected chi connectivity index (χ0v) is 10.4. The van der Waals surface area contributed by atoms with Crippen molar-refractivity contribution < 1.29 is 14.3 Å². The molecule has 0 N–H and O–H groups in total. The molecule has 1 heterocycles. The Bertz CT molecular complexity index is 257. The van der Waals surface area contributed by atoms with Crippen LogP contribution in [0.4, 0.5) is 0 Å². The van der Waals surface area contributed by atoms with Crippen LogP contribution in [-0.2, 0) is 14.3 Å². The smallest absolute Gasteiger partial charge is 0.316 e. The summed E-state index contributed by atoms with van der Waals surface area (Å²) in [6.07, 6.45) is 2.78. The number of methoxy groups -OCH3 is 1. The predicted octanol–water partition coefficient (Wildman–Crippen LogP) is 1.10. The molecule has 0 aliphatic carbocycles. The Balaban J connectivity index is 2.49. The number of hydrogen-bond acceptors (Lipinski definition) is 4. The molecule has 1 aliphatic heterocycles. The van der Waals surface area contributed by atoms with Crippen LogP contribution in [0.25, 0.3) is 0 Å². The summed E-state index contributed by atoms with van der Waals surface area (Å²) in [5.74, 6) is -0.542. The fourth-order valence-electron chi connectivity index (χ4n) is 2.20. The van der Waals surface area contributed by atoms with E-state index in [-0.39, 0.29) is 11.8 Å². The number of ketones is 1. The Hall–Kier alpha value is -0.900. The SMILES string of the molecule is COC(=O)C(CC1CCN(C)CC1)C(C)=O. The molecule has 0 aromatic rings. The third-order valence-electron chi connectivity index (χ3n) is 3.38. The first-order valence-electron chi connectivity index (χ1n) is 5.81. The molecule has 4 nitrogen and oxygen atoms in total. The number of hydrogen-bond donors (Lipinski definition) is 0. The van der Waals surface area contributed by atoms with E-state index in [1.807, 2.05) is 0 Å². The molecule has 1 fully saturated rings. The molecular weight excluding hydrogens is 206 g/mol. The minimum atomic E-state index is -0.557. The molecule has 4 heteroatoms. The van der Waals surface area contributed by atoms with Crippen LogP contribution >= 0.6 is 0 Å². The van der Waals surface area contributed by atoms with Crippen LogP contribution in [0.15, 0.2) is 0 Å². The topological polar surface area (TPSA) is 46.6 Å². The summed E-state index contributed by atoms with van der Waals surface area (Å²) in [6.45, 7) is 3.57. The van der Waals surface area contributed by atoms with Crippen molar-refractivity contribution in [2.45, 2.75) is 26.2 Å². The normalized spacial score (nSPS) is 20.4. The van der Waals surface area contributed by atoms with Gasteiger partial charge in [-0.2, -0.15) is 0 Å². The van der Waals surface area contributed by atoms with E-state index >= 15 is 0 Å². The Morgan fingerprint density at radius 3 is 2.38 bits per heavy atom. The van der Waals surface area contributed by atoms with Crippen molar-refractivity contribution in [1.82, 2.24) is 4.90 Å². The number of esters is 1. The van der Waals surface area contributed by atoms with Gasteiger partial charge in [-0.25, -0.2) is 0 Å². The first-order chi connectivity index (χ1) is 7.54. The second kappa shape index (κ2) is 5.99. The molecule has 16 heavy (non-hydrogen) atoms. The maximum Gasteiger partial charge on any atom is 0.316 e. The zero-order valence-electron chi connectivity index (χ0n) is 10.4. The lowest BCUT2D eigenvalue weighted by atomic mass is 9.86. The lowest BCUT2D eigenvalue weighted by Crippen LogP contribution is -2.33. The van der Waals surface area contributed by atoms with E-state index in [0.717, 1.165) is 25.9 Å². The highest BCUT2D eigenvalue weighted by Crippen LogP contribution is 2.24. The monoisotopic (exact) mass is 227 g/mol. The predicted molar refractivity (Wildman–Crippen MR) is 61.0 cm³/mol. The van der Waals surface area contributed by atoms with Crippen LogP contribution in [-0.4, -0.2) is 43.9 Å². The summed E-state index contributed by atoms with van der Waals surface area (Å²) in [4.78, 5) is 25.1. The van der Waals surface area contributed by atoms with E-state index in [0.29, 0.717) is 12.3 Å². The van der Waals surface area contributed by atoms with Crippen LogP contribution < -0.4 is 0 Å². The molecule has 1 aliphatic rings. The second-order valence-electron chi connectivity index (χ2n) is 4.67. The quantitative estimate of drug-likeness (QED) is 0.533. The van der Waals surface area contributed by atoms with Crippen molar-refractivity contribution in [3.63, 3.8) is 0 Å². The van der Waals surface area contributed by atoms with E-state index in [1.54, 1.807) is 0 Å². The van der Waals surface area contributed by atoms with Crippen molar-refractivity contribution in [3.05, 3.63) is 0 Å². The summed E-state index contributed by atoms with van der Waals surface area (Å²) < 4.78 is 4.67. The van der Waals surface area contributed by atoms with Gasteiger partial charge < -0.3 is 9.64 Å². The fourth-order valence-corrected chi connectivity index (χ4v) is 2.20. The van der Waals surface area contributed by atoms with Gasteiger partial charge in [0.1, 0.15) is 11.7 Å². The van der Waals surface area contributed by atoms with Crippen LogP contribution in [0.1, 0.15) is 26.2 Å². The molecule has 1 saturated heterocycles. The molecule has 1 unspecified atom stereocenters. The summed E-state index contributed by atoms with van der Waals surface area (Å²) >= 11 is 0. The van der Waals surface area contributed by atoms with Gasteiger partial charge >= 0.3 is 5.97 Å². The van der Waals surface area contributed by atoms with E-state index in [2.05, 4.69) is 16.7 Å². The van der Waals surface area contributed by atoms with Crippen molar-refractivity contribution >= 4 is 11.8 Å². The molecule has 0 radical (unpaired) electrons. The summed E-state index contributed by atoms with van der Waals surface area (Å²) in [7, 11) is 3.44. The number of nitrogens with zero attached hydrogens (tertiary/aromatic N) is 1. The molecule has 1 atom stereocenters. The van der Waals surface area contributed by atoms with E-state index in [4.69, 9.17) is 0 Å². The fraction of sp³-hybridized carbons (Fsp3) is 0.833. The Morgan fingerprint density at radius 1 is 1.38 bits per heavy atom. The number of carbonyl (C=O) groups excluding carboxylic acids is 2. The van der Waals surface area contributed by atoms with Gasteiger partial charge in [0, 0.05) is 0 Å². The van der Waals surface area contributed by atoms with Crippen molar-refractivity contribution in [3.8, 4) is 0 Å². The van der Waals surface area contributed by atoms with Gasteiger partial charge in [-0.05, 0) is 52.2 Å². The second-order valence-corrected chi connectivity index (χ2v) is 4.67. The molecule has 0 saturated carbocycles. The highest BCUT2D eigenvalue weighted by Gasteiger charge is 2.29. The number of Topliss-reactive ketones (excluding diaryl/α,β-unsaturated/α-hetero) is 1. The van der Waals surface area contributed by atoms with Gasteiger partial charge in [0.25, 0.3) is 0 Å². The average molecular weight is 227 g/mol. The third kappa shape index (κ3) is 3.59. The van der Waals surface area contributed by atoms with Crippen molar-refractivity contribution in [2.75, 3.05) is 27.2 Å². The van der Waals surface area contributed by atoms with Gasteiger partial charge in [0.05, 0.1) is 7.11 Å². The van der Waals surface area contributed by atoms with Gasteiger partial charge in [-0.3, -0.25) is 9.59 Å². The Morgan fingerprint density at radius 2 is 1.94 bits per heavy atom. The standard InChI is InChI=1S/C12H21NO3/c1-9(14)11(12(15)16-3)8-10-4-6-13(2)7-5-10/h10-11H,4-8H2,1-3H3. The third-order valence-corrected chi connectivity index (χ3v) is 3.38. The largest absolute Gasteiger partial charge is 0.468 e.